The first-order chi connectivity index (χ1) is 8.58. The number of carbonyl (C=O) groups excluding carboxylic acids is 1. The molecule has 1 aromatic carbocycles. The summed E-state index contributed by atoms with van der Waals surface area (Å²) in [6.45, 7) is 3.62. The maximum atomic E-state index is 13.7. The van der Waals surface area contributed by atoms with Crippen LogP contribution in [0.2, 0.25) is 0 Å². The Bertz CT molecular complexity index is 451. The SMILES string of the molecule is CC1CN(C(=O)c2ccc(N)cc2F)CCCO1. The topological polar surface area (TPSA) is 55.6 Å². The van der Waals surface area contributed by atoms with Crippen LogP contribution in [-0.2, 0) is 4.74 Å². The summed E-state index contributed by atoms with van der Waals surface area (Å²) in [6.07, 6.45) is 0.750. The quantitative estimate of drug-likeness (QED) is 0.773. The third kappa shape index (κ3) is 2.79. The van der Waals surface area contributed by atoms with Crippen LogP contribution < -0.4 is 5.73 Å². The molecule has 0 radical (unpaired) electrons. The fraction of sp³-hybridized carbons (Fsp3) is 0.462. The summed E-state index contributed by atoms with van der Waals surface area (Å²) in [6, 6.07) is 4.14. The van der Waals surface area contributed by atoms with Gasteiger partial charge >= 0.3 is 0 Å². The number of nitrogens with zero attached hydrogens (tertiary/aromatic N) is 1. The molecule has 1 unspecified atom stereocenters. The smallest absolute Gasteiger partial charge is 0.256 e. The lowest BCUT2D eigenvalue weighted by molar-refractivity contribution is 0.0560. The second-order valence-corrected chi connectivity index (χ2v) is 4.53. The average Bonchev–Trinajstić information content (AvgIpc) is 2.53. The molecule has 2 rings (SSSR count). The van der Waals surface area contributed by atoms with Gasteiger partial charge in [0.1, 0.15) is 5.82 Å². The van der Waals surface area contributed by atoms with Gasteiger partial charge in [0, 0.05) is 25.4 Å². The van der Waals surface area contributed by atoms with Crippen molar-refractivity contribution in [2.45, 2.75) is 19.4 Å². The van der Waals surface area contributed by atoms with Crippen molar-refractivity contribution in [1.82, 2.24) is 4.90 Å². The van der Waals surface area contributed by atoms with Crippen molar-refractivity contribution in [1.29, 1.82) is 0 Å². The van der Waals surface area contributed by atoms with Gasteiger partial charge < -0.3 is 15.4 Å². The Balaban J connectivity index is 2.19. The monoisotopic (exact) mass is 252 g/mol. The zero-order chi connectivity index (χ0) is 13.1. The predicted octanol–water partition coefficient (Wildman–Crippen LogP) is 1.66. The molecular weight excluding hydrogens is 235 g/mol. The number of halogens is 1. The minimum atomic E-state index is -0.571. The molecule has 2 N–H and O–H groups in total. The molecule has 5 heteroatoms. The van der Waals surface area contributed by atoms with Crippen LogP contribution in [0.3, 0.4) is 0 Å². The lowest BCUT2D eigenvalue weighted by atomic mass is 10.1. The number of ether oxygens (including phenoxy) is 1. The fourth-order valence-electron chi connectivity index (χ4n) is 2.05. The summed E-state index contributed by atoms with van der Waals surface area (Å²) in [5.74, 6) is -0.873. The highest BCUT2D eigenvalue weighted by molar-refractivity contribution is 5.94. The third-order valence-electron chi connectivity index (χ3n) is 2.96. The zero-order valence-corrected chi connectivity index (χ0v) is 10.4. The van der Waals surface area contributed by atoms with Gasteiger partial charge in [0.25, 0.3) is 5.91 Å². The number of hydrogen-bond donors (Lipinski definition) is 1. The zero-order valence-electron chi connectivity index (χ0n) is 10.4. The van der Waals surface area contributed by atoms with Crippen LogP contribution in [-0.4, -0.2) is 36.6 Å². The number of benzene rings is 1. The largest absolute Gasteiger partial charge is 0.399 e. The molecule has 1 aliphatic rings. The maximum absolute atomic E-state index is 13.7. The molecule has 4 nitrogen and oxygen atoms in total. The Labute approximate surface area is 106 Å². The maximum Gasteiger partial charge on any atom is 0.256 e. The Morgan fingerprint density at radius 3 is 3.06 bits per heavy atom. The number of anilines is 1. The van der Waals surface area contributed by atoms with Gasteiger partial charge in [-0.05, 0) is 31.5 Å². The first kappa shape index (κ1) is 12.8. The summed E-state index contributed by atoms with van der Waals surface area (Å²) in [5, 5.41) is 0. The first-order valence-electron chi connectivity index (χ1n) is 6.04. The van der Waals surface area contributed by atoms with Crippen molar-refractivity contribution >= 4 is 11.6 Å². The molecule has 1 heterocycles. The van der Waals surface area contributed by atoms with Gasteiger partial charge in [-0.3, -0.25) is 4.79 Å². The molecule has 0 saturated carbocycles. The van der Waals surface area contributed by atoms with Gasteiger partial charge in [-0.2, -0.15) is 0 Å². The molecule has 0 spiro atoms. The molecule has 1 saturated heterocycles. The average molecular weight is 252 g/mol. The van der Waals surface area contributed by atoms with E-state index >= 15 is 0 Å². The van der Waals surface area contributed by atoms with Crippen molar-refractivity contribution in [3.05, 3.63) is 29.6 Å². The van der Waals surface area contributed by atoms with Gasteiger partial charge in [0.2, 0.25) is 0 Å². The van der Waals surface area contributed by atoms with Crippen molar-refractivity contribution in [2.75, 3.05) is 25.4 Å². The van der Waals surface area contributed by atoms with Crippen LogP contribution in [0, 0.1) is 5.82 Å². The van der Waals surface area contributed by atoms with E-state index in [2.05, 4.69) is 0 Å². The molecule has 0 aromatic heterocycles. The minimum absolute atomic E-state index is 0.0201. The van der Waals surface area contributed by atoms with E-state index in [9.17, 15) is 9.18 Å². The summed E-state index contributed by atoms with van der Waals surface area (Å²) in [4.78, 5) is 13.9. The number of hydrogen-bond acceptors (Lipinski definition) is 3. The van der Waals surface area contributed by atoms with E-state index < -0.39 is 5.82 Å². The van der Waals surface area contributed by atoms with Crippen LogP contribution in [0.1, 0.15) is 23.7 Å². The molecule has 1 aromatic rings. The third-order valence-corrected chi connectivity index (χ3v) is 2.96. The van der Waals surface area contributed by atoms with Crippen LogP contribution in [0.25, 0.3) is 0 Å². The van der Waals surface area contributed by atoms with Crippen LogP contribution in [0.15, 0.2) is 18.2 Å². The Kier molecular flexibility index (Phi) is 3.81. The number of rotatable bonds is 1. The number of nitrogen functional groups attached to an aromatic ring is 1. The second-order valence-electron chi connectivity index (χ2n) is 4.53. The van der Waals surface area contributed by atoms with Crippen molar-refractivity contribution in [3.63, 3.8) is 0 Å². The van der Waals surface area contributed by atoms with E-state index in [4.69, 9.17) is 10.5 Å². The van der Waals surface area contributed by atoms with Crippen LogP contribution in [0.5, 0.6) is 0 Å². The number of amides is 1. The second kappa shape index (κ2) is 5.35. The normalized spacial score (nSPS) is 20.6. The number of nitrogens with two attached hydrogens (primary N) is 1. The summed E-state index contributed by atoms with van der Waals surface area (Å²) in [7, 11) is 0. The van der Waals surface area contributed by atoms with E-state index in [1.54, 1.807) is 4.90 Å². The predicted molar refractivity (Wildman–Crippen MR) is 66.7 cm³/mol. The lowest BCUT2D eigenvalue weighted by Crippen LogP contribution is -2.36. The highest BCUT2D eigenvalue weighted by Gasteiger charge is 2.23. The molecular formula is C13H17FN2O2. The highest BCUT2D eigenvalue weighted by Crippen LogP contribution is 2.16. The summed E-state index contributed by atoms with van der Waals surface area (Å²) in [5.41, 5.74) is 5.85. The van der Waals surface area contributed by atoms with Crippen LogP contribution >= 0.6 is 0 Å². The Hall–Kier alpha value is -1.62. The van der Waals surface area contributed by atoms with Gasteiger partial charge in [-0.25, -0.2) is 4.39 Å². The van der Waals surface area contributed by atoms with Crippen molar-refractivity contribution in [2.24, 2.45) is 0 Å². The van der Waals surface area contributed by atoms with Crippen molar-refractivity contribution in [3.8, 4) is 0 Å². The molecule has 1 aliphatic heterocycles. The summed E-state index contributed by atoms with van der Waals surface area (Å²) < 4.78 is 19.2. The van der Waals surface area contributed by atoms with E-state index in [-0.39, 0.29) is 17.6 Å². The van der Waals surface area contributed by atoms with E-state index in [1.165, 1.54) is 18.2 Å². The first-order valence-corrected chi connectivity index (χ1v) is 6.04. The molecule has 1 atom stereocenters. The highest BCUT2D eigenvalue weighted by atomic mass is 19.1. The van der Waals surface area contributed by atoms with Gasteiger partial charge in [-0.15, -0.1) is 0 Å². The molecule has 98 valence electrons. The van der Waals surface area contributed by atoms with Crippen molar-refractivity contribution < 1.29 is 13.9 Å². The van der Waals surface area contributed by atoms with E-state index in [0.717, 1.165) is 6.42 Å². The fourth-order valence-corrected chi connectivity index (χ4v) is 2.05. The molecule has 0 aliphatic carbocycles. The number of carbonyl (C=O) groups is 1. The Morgan fingerprint density at radius 2 is 2.33 bits per heavy atom. The van der Waals surface area contributed by atoms with E-state index in [1.807, 2.05) is 6.92 Å². The Morgan fingerprint density at radius 1 is 1.56 bits per heavy atom. The van der Waals surface area contributed by atoms with E-state index in [0.29, 0.717) is 25.4 Å². The van der Waals surface area contributed by atoms with Gasteiger partial charge in [0.05, 0.1) is 11.7 Å². The minimum Gasteiger partial charge on any atom is -0.399 e. The standard InChI is InChI=1S/C13H17FN2O2/c1-9-8-16(5-2-6-18-9)13(17)11-4-3-10(15)7-12(11)14/h3-4,7,9H,2,5-6,8,15H2,1H3. The molecule has 18 heavy (non-hydrogen) atoms. The van der Waals surface area contributed by atoms with Gasteiger partial charge in [-0.1, -0.05) is 0 Å². The van der Waals surface area contributed by atoms with Crippen LogP contribution in [0.4, 0.5) is 10.1 Å². The van der Waals surface area contributed by atoms with Gasteiger partial charge in [0.15, 0.2) is 0 Å². The summed E-state index contributed by atoms with van der Waals surface area (Å²) >= 11 is 0. The molecule has 1 amide bonds. The lowest BCUT2D eigenvalue weighted by Gasteiger charge is -2.22. The molecule has 0 bridgehead atoms. The molecule has 1 fully saturated rings.